The first-order chi connectivity index (χ1) is 37.3. The number of allylic oxidation sites excluding steroid dienone is 8. The van der Waals surface area contributed by atoms with Crippen molar-refractivity contribution >= 4 is 17.5 Å². The Kier molecular flexibility index (Phi) is 13.4. The van der Waals surface area contributed by atoms with Crippen molar-refractivity contribution in [2.24, 2.45) is 46.8 Å². The minimum Gasteiger partial charge on any atom is -0.459 e. The summed E-state index contributed by atoms with van der Waals surface area (Å²) in [6.07, 6.45) is 27.6. The zero-order chi connectivity index (χ0) is 53.0. The standard InChI is InChI=1S/C64H84N6O7/c1-5-69-62-31-41-12-8-11-38-10-6-7-21-61(3)29-37-24-43-25-40(20-23-66-58(43)68-34-37)49-26-45(72)27-50(51(49)33-62)55(52(62)28-48(38)41)76-60(75)64-57(74)54-42(30-61)13-9-14-47(54)56(73)63(64,77-64)32-44(35-71)36(2)15-16-39-19-22-67-59-46(39)17-18-53(65-4)70-59/h8-9,12-14,19,24,31,34,38,40,45,48-53,55,58,65-72H,5-7,10-11,15-18,20-23,25-30,32-33,35H2,1-4H3. The van der Waals surface area contributed by atoms with Gasteiger partial charge < -0.3 is 46.3 Å². The lowest BCUT2D eigenvalue weighted by Crippen LogP contribution is -2.66. The van der Waals surface area contributed by atoms with Gasteiger partial charge in [0.25, 0.3) is 5.60 Å². The van der Waals surface area contributed by atoms with Crippen molar-refractivity contribution in [2.75, 3.05) is 33.3 Å². The molecule has 5 aliphatic carbocycles. The number of hydrogen-bond donors (Lipinski definition) is 8. The number of aliphatic hydroxyl groups is 2. The van der Waals surface area contributed by atoms with E-state index in [1.807, 2.05) is 26.1 Å². The molecule has 77 heavy (non-hydrogen) atoms. The van der Waals surface area contributed by atoms with Crippen LogP contribution < -0.4 is 31.9 Å². The lowest BCUT2D eigenvalue weighted by atomic mass is 9.49. The number of fused-ring (bicyclic) bond motifs is 5. The molecule has 7 heterocycles. The molecule has 0 radical (unpaired) electrons. The van der Waals surface area contributed by atoms with Gasteiger partial charge in [-0.3, -0.25) is 14.9 Å². The van der Waals surface area contributed by atoms with E-state index in [-0.39, 0.29) is 77.4 Å². The number of benzene rings is 1. The molecule has 15 unspecified atom stereocenters. The smallest absolute Gasteiger partial charge is 0.350 e. The summed E-state index contributed by atoms with van der Waals surface area (Å²) in [5.41, 5.74) is 4.37. The van der Waals surface area contributed by atoms with E-state index in [0.29, 0.717) is 43.7 Å². The van der Waals surface area contributed by atoms with E-state index in [9.17, 15) is 10.2 Å². The van der Waals surface area contributed by atoms with E-state index in [4.69, 9.17) is 9.47 Å². The van der Waals surface area contributed by atoms with Crippen molar-refractivity contribution in [1.29, 1.82) is 0 Å². The number of esters is 1. The molecule has 412 valence electrons. The van der Waals surface area contributed by atoms with E-state index in [2.05, 4.69) is 82.3 Å². The monoisotopic (exact) mass is 1050 g/mol. The number of carbonyl (C=O) groups is 3. The van der Waals surface area contributed by atoms with Gasteiger partial charge in [0.2, 0.25) is 5.78 Å². The largest absolute Gasteiger partial charge is 0.459 e. The Morgan fingerprint density at radius 3 is 2.71 bits per heavy atom. The zero-order valence-corrected chi connectivity index (χ0v) is 46.0. The van der Waals surface area contributed by atoms with E-state index in [1.54, 1.807) is 6.07 Å². The minimum absolute atomic E-state index is 0.0333. The van der Waals surface area contributed by atoms with Gasteiger partial charge in [0.05, 0.1) is 25.0 Å². The van der Waals surface area contributed by atoms with Gasteiger partial charge in [0.15, 0.2) is 11.4 Å². The second-order valence-electron chi connectivity index (χ2n) is 26.2. The Hall–Kier alpha value is -4.63. The van der Waals surface area contributed by atoms with Gasteiger partial charge >= 0.3 is 5.97 Å². The van der Waals surface area contributed by atoms with Crippen LogP contribution in [0.15, 0.2) is 99.6 Å². The highest BCUT2D eigenvalue weighted by Crippen LogP contribution is 2.63. The van der Waals surface area contributed by atoms with Gasteiger partial charge in [-0.2, -0.15) is 0 Å². The van der Waals surface area contributed by atoms with Crippen LogP contribution >= 0.6 is 0 Å². The molecule has 1 aromatic rings. The second-order valence-corrected chi connectivity index (χ2v) is 26.2. The summed E-state index contributed by atoms with van der Waals surface area (Å²) >= 11 is 0. The van der Waals surface area contributed by atoms with Crippen molar-refractivity contribution in [3.8, 4) is 0 Å². The normalized spacial score (nSPS) is 41.0. The fourth-order valence-corrected chi connectivity index (χ4v) is 18.0. The molecule has 8 N–H and O–H groups in total. The Morgan fingerprint density at radius 1 is 1.00 bits per heavy atom. The van der Waals surface area contributed by atoms with Gasteiger partial charge in [-0.1, -0.05) is 80.8 Å². The van der Waals surface area contributed by atoms with Crippen molar-refractivity contribution in [2.45, 2.75) is 178 Å². The lowest BCUT2D eigenvalue weighted by molar-refractivity contribution is -0.181. The van der Waals surface area contributed by atoms with Gasteiger partial charge in [-0.25, -0.2) is 4.79 Å². The fraction of sp³-hybridized carbons (Fsp3) is 0.641. The predicted molar refractivity (Wildman–Crippen MR) is 296 cm³/mol. The summed E-state index contributed by atoms with van der Waals surface area (Å²) in [5, 5.41) is 45.9. The van der Waals surface area contributed by atoms with Gasteiger partial charge in [-0.15, -0.1) is 0 Å². The van der Waals surface area contributed by atoms with E-state index < -0.39 is 46.5 Å². The summed E-state index contributed by atoms with van der Waals surface area (Å²) in [5.74, 6) is 0.288. The van der Waals surface area contributed by atoms with Crippen LogP contribution in [0.1, 0.15) is 156 Å². The van der Waals surface area contributed by atoms with E-state index in [1.165, 1.54) is 27.9 Å². The highest BCUT2D eigenvalue weighted by molar-refractivity contribution is 6.33. The number of likely N-dealkylation sites (N-methyl/N-ethyl adjacent to an activating group) is 1. The first kappa shape index (κ1) is 51.8. The molecule has 13 nitrogen and oxygen atoms in total. The number of ether oxygens (including phenoxy) is 2. The van der Waals surface area contributed by atoms with E-state index >= 15 is 14.4 Å². The number of rotatable bonds is 9. The zero-order valence-electron chi connectivity index (χ0n) is 46.0. The molecule has 2 saturated carbocycles. The Bertz CT molecular complexity index is 2840. The third kappa shape index (κ3) is 8.55. The number of epoxide rings is 1. The van der Waals surface area contributed by atoms with Gasteiger partial charge in [0.1, 0.15) is 11.9 Å². The molecule has 1 spiro atoms. The molecule has 12 bridgehead atoms. The molecule has 13 heteroatoms. The van der Waals surface area contributed by atoms with Crippen LogP contribution in [0.25, 0.3) is 0 Å². The molecule has 0 aromatic heterocycles. The lowest BCUT2D eigenvalue weighted by Gasteiger charge is -2.60. The van der Waals surface area contributed by atoms with Crippen LogP contribution in [0.5, 0.6) is 0 Å². The van der Waals surface area contributed by atoms with Crippen molar-refractivity contribution < 1.29 is 34.1 Å². The molecule has 4 fully saturated rings. The number of carbonyl (C=O) groups excluding carboxylic acids is 3. The summed E-state index contributed by atoms with van der Waals surface area (Å²) in [7, 11) is 1.97. The maximum absolute atomic E-state index is 16.4. The first-order valence-corrected chi connectivity index (χ1v) is 30.0. The number of Topliss-reactive ketones (excluding diaryl/α,β-unsaturated/α-hetero) is 2. The molecule has 0 amide bonds. The van der Waals surface area contributed by atoms with E-state index in [0.717, 1.165) is 114 Å². The van der Waals surface area contributed by atoms with Crippen LogP contribution in [0.4, 0.5) is 0 Å². The van der Waals surface area contributed by atoms with Crippen LogP contribution in [0, 0.1) is 46.8 Å². The quantitative estimate of drug-likeness (QED) is 0.0520. The maximum atomic E-state index is 16.4. The molecule has 12 aliphatic rings. The van der Waals surface area contributed by atoms with Crippen LogP contribution in [0.2, 0.25) is 0 Å². The number of nitrogens with one attached hydrogen (secondary N) is 6. The summed E-state index contributed by atoms with van der Waals surface area (Å²) in [4.78, 5) is 48.6. The molecule has 15 atom stereocenters. The summed E-state index contributed by atoms with van der Waals surface area (Å²) < 4.78 is 14.2. The minimum atomic E-state index is -2.25. The molecular weight excluding hydrogens is 965 g/mol. The SMILES string of the molecule is CCNC12C=C3C=CCC4CCCCC5(C)CC6=CNC7NCCC(CC7=C6)C6CC(O)CC(C6C1)C(OC(=O)C16OC1(CC(CO)=C(C)CCC1=CCNC7=C1CCC(NC)N7)C(=O)c1cccc(c1C6=O)C5)C2CC34. The van der Waals surface area contributed by atoms with Crippen molar-refractivity contribution in [3.05, 3.63) is 116 Å². The third-order valence-corrected chi connectivity index (χ3v) is 21.8. The Morgan fingerprint density at radius 2 is 1.87 bits per heavy atom. The maximum Gasteiger partial charge on any atom is 0.350 e. The second kappa shape index (κ2) is 19.9. The van der Waals surface area contributed by atoms with Crippen LogP contribution in [0.3, 0.4) is 0 Å². The van der Waals surface area contributed by atoms with Crippen molar-refractivity contribution in [3.63, 3.8) is 0 Å². The molecule has 7 aliphatic heterocycles. The topological polar surface area (TPSA) is 186 Å². The molecule has 2 saturated heterocycles. The predicted octanol–water partition coefficient (Wildman–Crippen LogP) is 7.79. The summed E-state index contributed by atoms with van der Waals surface area (Å²) in [6.45, 7) is 8.49. The third-order valence-electron chi connectivity index (χ3n) is 21.8. The molecule has 13 rings (SSSR count). The van der Waals surface area contributed by atoms with Crippen LogP contribution in [-0.4, -0.2) is 102 Å². The number of hydrogen-bond acceptors (Lipinski definition) is 13. The van der Waals surface area contributed by atoms with Gasteiger partial charge in [0, 0.05) is 47.7 Å². The fourth-order valence-electron chi connectivity index (χ4n) is 18.0. The van der Waals surface area contributed by atoms with Crippen LogP contribution in [-0.2, 0) is 20.7 Å². The highest BCUT2D eigenvalue weighted by Gasteiger charge is 2.86. The Balaban J connectivity index is 0.963. The number of ketones is 2. The highest BCUT2D eigenvalue weighted by atomic mass is 16.7. The van der Waals surface area contributed by atoms with Gasteiger partial charge in [-0.05, 0) is 197 Å². The van der Waals surface area contributed by atoms with Crippen molar-refractivity contribution in [1.82, 2.24) is 31.9 Å². The summed E-state index contributed by atoms with van der Waals surface area (Å²) in [6, 6.07) is 5.65. The number of aliphatic hydroxyl groups excluding tert-OH is 2. The Labute approximate surface area is 455 Å². The molecule has 1 aromatic carbocycles. The first-order valence-electron chi connectivity index (χ1n) is 30.0. The number of dihydropyridines is 2. The average molecular weight is 1050 g/mol. The average Bonchev–Trinajstić information content (AvgIpc) is 3.64. The molecular formula is C64H84N6O7.